The van der Waals surface area contributed by atoms with Gasteiger partial charge in [-0.05, 0) is 54.8 Å². The number of hydrogen-bond donors (Lipinski definition) is 1. The lowest BCUT2D eigenvalue weighted by Gasteiger charge is -2.12. The molecule has 2 rings (SSSR count). The molecule has 0 aliphatic carbocycles. The van der Waals surface area contributed by atoms with Crippen LogP contribution in [-0.2, 0) is 4.79 Å². The summed E-state index contributed by atoms with van der Waals surface area (Å²) in [4.78, 5) is 13.9. The van der Waals surface area contributed by atoms with Crippen LogP contribution in [0.1, 0.15) is 16.7 Å². The largest absolute Gasteiger partial charge is 0.483 e. The van der Waals surface area contributed by atoms with Crippen molar-refractivity contribution in [2.45, 2.75) is 13.8 Å². The number of halogens is 1. The Bertz CT molecular complexity index is 748. The van der Waals surface area contributed by atoms with Crippen molar-refractivity contribution in [1.82, 2.24) is 5.43 Å². The number of nitrogens with one attached hydrogen (secondary N) is 1. The molecule has 5 nitrogen and oxygen atoms in total. The van der Waals surface area contributed by atoms with E-state index in [0.717, 1.165) is 32.6 Å². The molecule has 1 N–H and O–H groups in total. The second-order valence-electron chi connectivity index (χ2n) is 5.94. The van der Waals surface area contributed by atoms with Gasteiger partial charge in [-0.25, -0.2) is 5.43 Å². The Labute approximate surface area is 156 Å². The van der Waals surface area contributed by atoms with Crippen molar-refractivity contribution in [2.75, 3.05) is 25.6 Å². The Morgan fingerprint density at radius 3 is 2.36 bits per heavy atom. The van der Waals surface area contributed by atoms with Gasteiger partial charge in [0.1, 0.15) is 5.75 Å². The summed E-state index contributed by atoms with van der Waals surface area (Å²) in [6.45, 7) is 3.81. The number of carbonyl (C=O) groups is 1. The van der Waals surface area contributed by atoms with Gasteiger partial charge in [-0.1, -0.05) is 28.1 Å². The summed E-state index contributed by atoms with van der Waals surface area (Å²) in [7, 11) is 3.97. The van der Waals surface area contributed by atoms with Gasteiger partial charge in [0.25, 0.3) is 5.91 Å². The quantitative estimate of drug-likeness (QED) is 0.591. The number of carbonyl (C=O) groups excluding carboxylic acids is 1. The average molecular weight is 404 g/mol. The molecule has 0 atom stereocenters. The number of benzene rings is 2. The molecule has 25 heavy (non-hydrogen) atoms. The lowest BCUT2D eigenvalue weighted by atomic mass is 10.1. The minimum atomic E-state index is -0.303. The van der Waals surface area contributed by atoms with Crippen LogP contribution >= 0.6 is 15.9 Å². The molecular weight excluding hydrogens is 382 g/mol. The molecule has 0 aromatic heterocycles. The minimum absolute atomic E-state index is 0.0831. The van der Waals surface area contributed by atoms with Gasteiger partial charge in [-0.2, -0.15) is 5.10 Å². The first kappa shape index (κ1) is 19.0. The molecule has 0 fully saturated rings. The number of hydrazone groups is 1. The summed E-state index contributed by atoms with van der Waals surface area (Å²) in [5.41, 5.74) is 6.44. The molecule has 0 aliphatic heterocycles. The van der Waals surface area contributed by atoms with Gasteiger partial charge in [-0.3, -0.25) is 4.79 Å². The third-order valence-corrected chi connectivity index (χ3v) is 4.04. The standard InChI is InChI=1S/C19H22BrN3O2/c1-13-9-16(20)10-14(2)19(13)25-12-18(24)22-21-11-15-5-7-17(8-6-15)23(3)4/h5-11H,12H2,1-4H3,(H,22,24). The maximum absolute atomic E-state index is 11.9. The van der Waals surface area contributed by atoms with E-state index in [1.54, 1.807) is 6.21 Å². The molecule has 0 bridgehead atoms. The summed E-state index contributed by atoms with van der Waals surface area (Å²) < 4.78 is 6.61. The molecule has 0 radical (unpaired) electrons. The first-order chi connectivity index (χ1) is 11.9. The maximum atomic E-state index is 11.9. The van der Waals surface area contributed by atoms with Gasteiger partial charge in [0.2, 0.25) is 0 Å². The lowest BCUT2D eigenvalue weighted by Crippen LogP contribution is -2.25. The molecule has 6 heteroatoms. The van der Waals surface area contributed by atoms with Crippen molar-refractivity contribution in [3.63, 3.8) is 0 Å². The highest BCUT2D eigenvalue weighted by atomic mass is 79.9. The van der Waals surface area contributed by atoms with E-state index in [-0.39, 0.29) is 12.5 Å². The molecule has 0 spiro atoms. The fourth-order valence-electron chi connectivity index (χ4n) is 2.33. The Morgan fingerprint density at radius 1 is 1.20 bits per heavy atom. The van der Waals surface area contributed by atoms with Gasteiger partial charge in [0, 0.05) is 24.3 Å². The number of ether oxygens (including phenoxy) is 1. The average Bonchev–Trinajstić information content (AvgIpc) is 2.54. The first-order valence-electron chi connectivity index (χ1n) is 7.85. The zero-order valence-corrected chi connectivity index (χ0v) is 16.4. The molecule has 2 aromatic rings. The minimum Gasteiger partial charge on any atom is -0.483 e. The van der Waals surface area contributed by atoms with Crippen LogP contribution in [0.25, 0.3) is 0 Å². The summed E-state index contributed by atoms with van der Waals surface area (Å²) in [5.74, 6) is 0.421. The predicted octanol–water partition coefficient (Wildman–Crippen LogP) is 3.66. The molecule has 0 unspecified atom stereocenters. The highest BCUT2D eigenvalue weighted by Crippen LogP contribution is 2.27. The summed E-state index contributed by atoms with van der Waals surface area (Å²) in [5, 5.41) is 3.96. The van der Waals surface area contributed by atoms with Gasteiger partial charge in [0.05, 0.1) is 6.21 Å². The molecule has 0 heterocycles. The highest BCUT2D eigenvalue weighted by molar-refractivity contribution is 9.10. The fraction of sp³-hybridized carbons (Fsp3) is 0.263. The smallest absolute Gasteiger partial charge is 0.277 e. The zero-order valence-electron chi connectivity index (χ0n) is 14.8. The van der Waals surface area contributed by atoms with E-state index in [2.05, 4.69) is 26.5 Å². The fourth-order valence-corrected chi connectivity index (χ4v) is 3.02. The number of amides is 1. The molecule has 0 saturated carbocycles. The second-order valence-corrected chi connectivity index (χ2v) is 6.85. The Hall–Kier alpha value is -2.34. The van der Waals surface area contributed by atoms with Crippen LogP contribution in [0.5, 0.6) is 5.75 Å². The molecular formula is C19H22BrN3O2. The third kappa shape index (κ3) is 5.60. The highest BCUT2D eigenvalue weighted by Gasteiger charge is 2.08. The molecule has 0 aliphatic rings. The van der Waals surface area contributed by atoms with Crippen LogP contribution in [0.2, 0.25) is 0 Å². The monoisotopic (exact) mass is 403 g/mol. The van der Waals surface area contributed by atoms with Crippen LogP contribution in [0, 0.1) is 13.8 Å². The third-order valence-electron chi connectivity index (χ3n) is 3.59. The van der Waals surface area contributed by atoms with E-state index in [9.17, 15) is 4.79 Å². The van der Waals surface area contributed by atoms with E-state index in [0.29, 0.717) is 0 Å². The van der Waals surface area contributed by atoms with Crippen LogP contribution in [-0.4, -0.2) is 32.8 Å². The molecule has 0 saturated heterocycles. The zero-order chi connectivity index (χ0) is 18.4. The number of hydrogen-bond acceptors (Lipinski definition) is 4. The van der Waals surface area contributed by atoms with E-state index in [1.165, 1.54) is 0 Å². The van der Waals surface area contributed by atoms with Crippen molar-refractivity contribution in [3.8, 4) is 5.75 Å². The molecule has 132 valence electrons. The van der Waals surface area contributed by atoms with Gasteiger partial charge < -0.3 is 9.64 Å². The normalized spacial score (nSPS) is 10.8. The topological polar surface area (TPSA) is 53.9 Å². The number of nitrogens with zero attached hydrogens (tertiary/aromatic N) is 2. The van der Waals surface area contributed by atoms with E-state index < -0.39 is 0 Å². The summed E-state index contributed by atoms with van der Waals surface area (Å²) in [6, 6.07) is 11.8. The van der Waals surface area contributed by atoms with Crippen molar-refractivity contribution in [3.05, 3.63) is 57.6 Å². The maximum Gasteiger partial charge on any atom is 0.277 e. The predicted molar refractivity (Wildman–Crippen MR) is 106 cm³/mol. The van der Waals surface area contributed by atoms with Crippen molar-refractivity contribution >= 4 is 33.7 Å². The van der Waals surface area contributed by atoms with Crippen LogP contribution in [0.3, 0.4) is 0 Å². The SMILES string of the molecule is Cc1cc(Br)cc(C)c1OCC(=O)NN=Cc1ccc(N(C)C)cc1. The molecule has 1 amide bonds. The Balaban J connectivity index is 1.86. The lowest BCUT2D eigenvalue weighted by molar-refractivity contribution is -0.123. The van der Waals surface area contributed by atoms with Crippen molar-refractivity contribution in [2.24, 2.45) is 5.10 Å². The van der Waals surface area contributed by atoms with Crippen molar-refractivity contribution < 1.29 is 9.53 Å². The number of aryl methyl sites for hydroxylation is 2. The van der Waals surface area contributed by atoms with Crippen LogP contribution in [0.15, 0.2) is 46.0 Å². The van der Waals surface area contributed by atoms with E-state index >= 15 is 0 Å². The number of anilines is 1. The van der Waals surface area contributed by atoms with E-state index in [4.69, 9.17) is 4.74 Å². The second kappa shape index (κ2) is 8.67. The van der Waals surface area contributed by atoms with Gasteiger partial charge in [-0.15, -0.1) is 0 Å². The Kier molecular flexibility index (Phi) is 6.58. The van der Waals surface area contributed by atoms with E-state index in [1.807, 2.05) is 69.2 Å². The number of rotatable bonds is 6. The summed E-state index contributed by atoms with van der Waals surface area (Å²) in [6.07, 6.45) is 1.60. The molecule has 2 aromatic carbocycles. The van der Waals surface area contributed by atoms with Crippen molar-refractivity contribution in [1.29, 1.82) is 0 Å². The Morgan fingerprint density at radius 2 is 1.80 bits per heavy atom. The first-order valence-corrected chi connectivity index (χ1v) is 8.65. The van der Waals surface area contributed by atoms with Crippen LogP contribution in [0.4, 0.5) is 5.69 Å². The van der Waals surface area contributed by atoms with Gasteiger partial charge in [0.15, 0.2) is 6.61 Å². The summed E-state index contributed by atoms with van der Waals surface area (Å²) >= 11 is 3.44. The van der Waals surface area contributed by atoms with Crippen LogP contribution < -0.4 is 15.1 Å². The van der Waals surface area contributed by atoms with Gasteiger partial charge >= 0.3 is 0 Å².